The lowest BCUT2D eigenvalue weighted by Gasteiger charge is -2.14. The fourth-order valence-corrected chi connectivity index (χ4v) is 4.03. The van der Waals surface area contributed by atoms with Crippen LogP contribution in [0.3, 0.4) is 0 Å². The van der Waals surface area contributed by atoms with Gasteiger partial charge in [0.05, 0.1) is 23.5 Å². The summed E-state index contributed by atoms with van der Waals surface area (Å²) in [5.74, 6) is -0.882. The smallest absolute Gasteiger partial charge is 0.303 e. The van der Waals surface area contributed by atoms with Crippen molar-refractivity contribution < 1.29 is 24.2 Å². The Balaban J connectivity index is 1.54. The number of benzene rings is 2. The predicted octanol–water partition coefficient (Wildman–Crippen LogP) is 3.43. The molecule has 2 amide bonds. The number of nitrogens with zero attached hydrogens (tertiary/aromatic N) is 3. The molecule has 0 saturated heterocycles. The fraction of sp³-hybridized carbons (Fsp3) is 0.286. The number of nitrogens with one attached hydrogen (secondary N) is 4. The number of carbonyl (C=O) groups excluding carboxylic acids is 2. The summed E-state index contributed by atoms with van der Waals surface area (Å²) in [4.78, 5) is 49.4. The Morgan fingerprint density at radius 3 is 2.73 bits per heavy atom. The summed E-state index contributed by atoms with van der Waals surface area (Å²) in [6.07, 6.45) is 4.04. The number of amides is 2. The highest BCUT2D eigenvalue weighted by Crippen LogP contribution is 2.35. The van der Waals surface area contributed by atoms with Crippen LogP contribution in [0.25, 0.3) is 0 Å². The van der Waals surface area contributed by atoms with Crippen molar-refractivity contribution in [3.63, 3.8) is 0 Å². The second-order valence-electron chi connectivity index (χ2n) is 8.96. The molecular formula is C28H31N7O5. The Morgan fingerprint density at radius 2 is 1.95 bits per heavy atom. The standard InChI is InChI=1S/C28H31N7O5/c1-29-12-6-13-30-25-24-20(28(39)35-26(24)33-17-32-25)16-31-19-10-11-21(22(15-19)40-14-5-9-23(36)37)34-27(38)18-7-3-2-4-8-18/h2-4,7-8,10-11,15-17,20,29H,5-6,9,12-14H2,1H3,(H,34,38)(H,36,37)(H2,30,32,33,35,39). The van der Waals surface area contributed by atoms with Gasteiger partial charge in [-0.1, -0.05) is 18.2 Å². The maximum Gasteiger partial charge on any atom is 0.303 e. The molecule has 1 atom stereocenters. The van der Waals surface area contributed by atoms with Crippen molar-refractivity contribution in [2.45, 2.75) is 25.2 Å². The molecule has 1 aromatic heterocycles. The van der Waals surface area contributed by atoms with E-state index in [0.29, 0.717) is 46.4 Å². The third kappa shape index (κ3) is 7.38. The summed E-state index contributed by atoms with van der Waals surface area (Å²) in [5, 5.41) is 20.9. The number of ether oxygens (including phenoxy) is 1. The zero-order valence-electron chi connectivity index (χ0n) is 22.0. The second-order valence-corrected chi connectivity index (χ2v) is 8.96. The number of aliphatic imine (C=N–C) groups is 1. The predicted molar refractivity (Wildman–Crippen MR) is 152 cm³/mol. The highest BCUT2D eigenvalue weighted by molar-refractivity contribution is 6.13. The van der Waals surface area contributed by atoms with Gasteiger partial charge in [0, 0.05) is 30.8 Å². The first kappa shape index (κ1) is 28.2. The summed E-state index contributed by atoms with van der Waals surface area (Å²) >= 11 is 0. The molecule has 12 nitrogen and oxygen atoms in total. The van der Waals surface area contributed by atoms with E-state index in [-0.39, 0.29) is 31.3 Å². The minimum atomic E-state index is -0.922. The average molecular weight is 546 g/mol. The van der Waals surface area contributed by atoms with Crippen LogP contribution in [0.4, 0.5) is 23.0 Å². The van der Waals surface area contributed by atoms with Crippen molar-refractivity contribution in [2.24, 2.45) is 4.99 Å². The minimum Gasteiger partial charge on any atom is -0.491 e. The van der Waals surface area contributed by atoms with Gasteiger partial charge in [-0.3, -0.25) is 19.4 Å². The molecule has 1 aliphatic heterocycles. The number of carboxylic acid groups (broad SMARTS) is 1. The Labute approximate surface area is 231 Å². The first-order chi connectivity index (χ1) is 19.5. The quantitative estimate of drug-likeness (QED) is 0.151. The molecule has 40 heavy (non-hydrogen) atoms. The van der Waals surface area contributed by atoms with E-state index in [9.17, 15) is 14.4 Å². The van der Waals surface area contributed by atoms with Crippen molar-refractivity contribution in [2.75, 3.05) is 42.7 Å². The molecule has 208 valence electrons. The zero-order valence-corrected chi connectivity index (χ0v) is 22.0. The van der Waals surface area contributed by atoms with Gasteiger partial charge in [0.25, 0.3) is 5.91 Å². The molecule has 4 rings (SSSR count). The summed E-state index contributed by atoms with van der Waals surface area (Å²) in [6, 6.07) is 13.7. The second kappa shape index (κ2) is 13.8. The number of aromatic nitrogens is 2. The minimum absolute atomic E-state index is 0.0485. The lowest BCUT2D eigenvalue weighted by Crippen LogP contribution is -2.16. The van der Waals surface area contributed by atoms with Crippen molar-refractivity contribution in [3.05, 3.63) is 66.0 Å². The molecule has 3 aromatic rings. The lowest BCUT2D eigenvalue weighted by atomic mass is 10.0. The SMILES string of the molecule is CNCCCNc1ncnc2c1C(C=Nc1ccc(NC(=O)c3ccccc3)c(OCCCC(=O)O)c1)C(=O)N2. The van der Waals surface area contributed by atoms with E-state index in [4.69, 9.17) is 9.84 Å². The molecule has 0 saturated carbocycles. The summed E-state index contributed by atoms with van der Waals surface area (Å²) in [6.45, 7) is 1.64. The van der Waals surface area contributed by atoms with Crippen LogP contribution in [0.15, 0.2) is 59.9 Å². The molecule has 0 bridgehead atoms. The van der Waals surface area contributed by atoms with Crippen LogP contribution < -0.4 is 26.0 Å². The van der Waals surface area contributed by atoms with Crippen LogP contribution in [-0.4, -0.2) is 65.8 Å². The van der Waals surface area contributed by atoms with Gasteiger partial charge in [-0.2, -0.15) is 0 Å². The Bertz CT molecular complexity index is 1380. The van der Waals surface area contributed by atoms with Gasteiger partial charge in [-0.15, -0.1) is 0 Å². The third-order valence-corrected chi connectivity index (χ3v) is 6.03. The molecule has 12 heteroatoms. The normalized spacial score (nSPS) is 14.0. The van der Waals surface area contributed by atoms with E-state index in [1.54, 1.807) is 42.5 Å². The molecule has 1 unspecified atom stereocenters. The molecule has 0 spiro atoms. The van der Waals surface area contributed by atoms with Crippen molar-refractivity contribution >= 4 is 47.0 Å². The first-order valence-electron chi connectivity index (χ1n) is 12.9. The van der Waals surface area contributed by atoms with E-state index >= 15 is 0 Å². The number of aliphatic carboxylic acids is 1. The van der Waals surface area contributed by atoms with Gasteiger partial charge >= 0.3 is 5.97 Å². The molecule has 0 aliphatic carbocycles. The van der Waals surface area contributed by atoms with E-state index in [0.717, 1.165) is 13.0 Å². The summed E-state index contributed by atoms with van der Waals surface area (Å²) in [7, 11) is 1.88. The number of hydrogen-bond donors (Lipinski definition) is 5. The maximum absolute atomic E-state index is 12.8. The molecule has 2 aromatic carbocycles. The maximum atomic E-state index is 12.8. The van der Waals surface area contributed by atoms with E-state index in [1.807, 2.05) is 13.1 Å². The van der Waals surface area contributed by atoms with E-state index < -0.39 is 11.9 Å². The topological polar surface area (TPSA) is 167 Å². The van der Waals surface area contributed by atoms with Crippen LogP contribution in [0.2, 0.25) is 0 Å². The number of carbonyl (C=O) groups is 3. The van der Waals surface area contributed by atoms with E-state index in [2.05, 4.69) is 36.2 Å². The molecule has 1 aliphatic rings. The van der Waals surface area contributed by atoms with Gasteiger partial charge in [0.1, 0.15) is 29.6 Å². The number of hydrogen-bond acceptors (Lipinski definition) is 9. The molecule has 5 N–H and O–H groups in total. The Kier molecular flexibility index (Phi) is 9.72. The number of fused-ring (bicyclic) bond motifs is 1. The number of rotatable bonds is 14. The van der Waals surface area contributed by atoms with Crippen molar-refractivity contribution in [1.29, 1.82) is 0 Å². The van der Waals surface area contributed by atoms with Crippen LogP contribution in [-0.2, 0) is 9.59 Å². The highest BCUT2D eigenvalue weighted by Gasteiger charge is 2.33. The zero-order chi connectivity index (χ0) is 28.3. The van der Waals surface area contributed by atoms with Gasteiger partial charge in [-0.05, 0) is 50.7 Å². The number of carboxylic acids is 1. The number of anilines is 3. The van der Waals surface area contributed by atoms with E-state index in [1.165, 1.54) is 12.5 Å². The summed E-state index contributed by atoms with van der Waals surface area (Å²) < 4.78 is 5.83. The van der Waals surface area contributed by atoms with Gasteiger partial charge in [-0.25, -0.2) is 9.97 Å². The molecular weight excluding hydrogens is 514 g/mol. The van der Waals surface area contributed by atoms with Gasteiger partial charge in [0.15, 0.2) is 0 Å². The lowest BCUT2D eigenvalue weighted by molar-refractivity contribution is -0.137. The van der Waals surface area contributed by atoms with Gasteiger partial charge < -0.3 is 31.1 Å². The fourth-order valence-electron chi connectivity index (χ4n) is 4.03. The van der Waals surface area contributed by atoms with Crippen LogP contribution in [0, 0.1) is 0 Å². The Hall–Kier alpha value is -4.84. The molecule has 2 heterocycles. The third-order valence-electron chi connectivity index (χ3n) is 6.03. The van der Waals surface area contributed by atoms with Crippen LogP contribution in [0.1, 0.15) is 41.1 Å². The summed E-state index contributed by atoms with van der Waals surface area (Å²) in [5.41, 5.74) is 1.99. The molecule has 0 radical (unpaired) electrons. The molecule has 0 fully saturated rings. The largest absolute Gasteiger partial charge is 0.491 e. The highest BCUT2D eigenvalue weighted by atomic mass is 16.5. The Morgan fingerprint density at radius 1 is 1.12 bits per heavy atom. The monoisotopic (exact) mass is 545 g/mol. The van der Waals surface area contributed by atoms with Crippen molar-refractivity contribution in [3.8, 4) is 5.75 Å². The van der Waals surface area contributed by atoms with Crippen LogP contribution >= 0.6 is 0 Å². The first-order valence-corrected chi connectivity index (χ1v) is 12.9. The average Bonchev–Trinajstić information content (AvgIpc) is 3.29. The van der Waals surface area contributed by atoms with Gasteiger partial charge in [0.2, 0.25) is 5.91 Å². The van der Waals surface area contributed by atoms with Crippen LogP contribution in [0.5, 0.6) is 5.75 Å². The van der Waals surface area contributed by atoms with Crippen molar-refractivity contribution in [1.82, 2.24) is 15.3 Å².